The number of amides is 2. The fourth-order valence-electron chi connectivity index (χ4n) is 2.52. The molecule has 1 atom stereocenters. The molecule has 1 unspecified atom stereocenters. The highest BCUT2D eigenvalue weighted by Crippen LogP contribution is 2.16. The van der Waals surface area contributed by atoms with Crippen LogP contribution in [0.4, 0.5) is 11.4 Å². The molecule has 7 nitrogen and oxygen atoms in total. The summed E-state index contributed by atoms with van der Waals surface area (Å²) in [4.78, 5) is 37.1. The van der Waals surface area contributed by atoms with Crippen LogP contribution in [0.5, 0.6) is 0 Å². The Morgan fingerprint density at radius 3 is 2.21 bits per heavy atom. The molecule has 0 bridgehead atoms. The van der Waals surface area contributed by atoms with Gasteiger partial charge in [-0.2, -0.15) is 0 Å². The van der Waals surface area contributed by atoms with Crippen LogP contribution in [0, 0.1) is 0 Å². The molecule has 2 aromatic rings. The summed E-state index contributed by atoms with van der Waals surface area (Å²) in [6.07, 6.45) is 0. The minimum Gasteiger partial charge on any atom is -0.462 e. The summed E-state index contributed by atoms with van der Waals surface area (Å²) < 4.78 is 4.99. The van der Waals surface area contributed by atoms with Gasteiger partial charge in [0.25, 0.3) is 11.8 Å². The lowest BCUT2D eigenvalue weighted by atomic mass is 10.2. The van der Waals surface area contributed by atoms with Gasteiger partial charge in [0.15, 0.2) is 13.1 Å². The number of hydrogen-bond acceptors (Lipinski definition) is 4. The molecule has 0 heterocycles. The van der Waals surface area contributed by atoms with Crippen LogP contribution in [-0.4, -0.2) is 44.5 Å². The lowest BCUT2D eigenvalue weighted by Gasteiger charge is -2.15. The van der Waals surface area contributed by atoms with E-state index in [-0.39, 0.29) is 37.1 Å². The average Bonchev–Trinajstić information content (AvgIpc) is 2.64. The molecule has 8 heteroatoms. The van der Waals surface area contributed by atoms with Crippen molar-refractivity contribution in [3.63, 3.8) is 0 Å². The first kappa shape index (κ1) is 21.4. The van der Waals surface area contributed by atoms with Crippen LogP contribution >= 0.6 is 11.6 Å². The zero-order valence-corrected chi connectivity index (χ0v) is 16.5. The molecule has 2 aromatic carbocycles. The van der Waals surface area contributed by atoms with E-state index in [1.807, 2.05) is 0 Å². The Morgan fingerprint density at radius 2 is 1.57 bits per heavy atom. The predicted octanol–water partition coefficient (Wildman–Crippen LogP) is 1.61. The second-order valence-corrected chi connectivity index (χ2v) is 6.62. The molecule has 0 fully saturated rings. The van der Waals surface area contributed by atoms with Gasteiger partial charge >= 0.3 is 5.97 Å². The summed E-state index contributed by atoms with van der Waals surface area (Å²) in [7, 11) is 1.73. The molecule has 0 aromatic heterocycles. The van der Waals surface area contributed by atoms with Crippen molar-refractivity contribution in [1.82, 2.24) is 0 Å². The van der Waals surface area contributed by atoms with Crippen LogP contribution in [0.25, 0.3) is 0 Å². The molecule has 0 aliphatic rings. The molecular weight excluding hydrogens is 382 g/mol. The standard InChI is InChI=1S/C20H22ClN3O4/c1-3-28-20(27)16-6-4-5-7-17(16)23-19(26)13-24(2)12-18(25)22-15-10-8-14(21)9-11-15/h4-11H,3,12-13H2,1-2H3,(H,22,25)(H,23,26)/p+1. The number of anilines is 2. The van der Waals surface area contributed by atoms with E-state index in [1.54, 1.807) is 62.5 Å². The van der Waals surface area contributed by atoms with E-state index in [0.717, 1.165) is 0 Å². The van der Waals surface area contributed by atoms with Gasteiger partial charge < -0.3 is 20.3 Å². The minimum absolute atomic E-state index is 0.0607. The first-order valence-electron chi connectivity index (χ1n) is 8.81. The van der Waals surface area contributed by atoms with Crippen molar-refractivity contribution in [3.05, 3.63) is 59.1 Å². The summed E-state index contributed by atoms with van der Waals surface area (Å²) >= 11 is 5.81. The molecule has 2 amide bonds. The third kappa shape index (κ3) is 6.68. The minimum atomic E-state index is -0.499. The molecule has 0 radical (unpaired) electrons. The maximum Gasteiger partial charge on any atom is 0.340 e. The van der Waals surface area contributed by atoms with Crippen LogP contribution in [0.1, 0.15) is 17.3 Å². The van der Waals surface area contributed by atoms with Crippen molar-refractivity contribution in [2.45, 2.75) is 6.92 Å². The van der Waals surface area contributed by atoms with Gasteiger partial charge in [0.05, 0.1) is 24.9 Å². The summed E-state index contributed by atoms with van der Waals surface area (Å²) in [5, 5.41) is 6.04. The topological polar surface area (TPSA) is 88.9 Å². The lowest BCUT2D eigenvalue weighted by molar-refractivity contribution is -0.862. The molecule has 2 rings (SSSR count). The number of likely N-dealkylation sites (N-methyl/N-ethyl adjacent to an activating group) is 1. The predicted molar refractivity (Wildman–Crippen MR) is 108 cm³/mol. The number of carbonyl (C=O) groups is 3. The Morgan fingerprint density at radius 1 is 0.964 bits per heavy atom. The van der Waals surface area contributed by atoms with E-state index < -0.39 is 5.97 Å². The fourth-order valence-corrected chi connectivity index (χ4v) is 2.65. The van der Waals surface area contributed by atoms with E-state index in [9.17, 15) is 14.4 Å². The second kappa shape index (κ2) is 10.4. The number of hydrogen-bond donors (Lipinski definition) is 3. The van der Waals surface area contributed by atoms with Crippen LogP contribution < -0.4 is 15.5 Å². The normalized spacial score (nSPS) is 11.4. The van der Waals surface area contributed by atoms with Gasteiger partial charge in [0.2, 0.25) is 0 Å². The second-order valence-electron chi connectivity index (χ2n) is 6.18. The first-order valence-corrected chi connectivity index (χ1v) is 9.19. The molecule has 0 saturated heterocycles. The van der Waals surface area contributed by atoms with E-state index in [2.05, 4.69) is 10.6 Å². The number of nitrogens with one attached hydrogen (secondary N) is 3. The van der Waals surface area contributed by atoms with Gasteiger partial charge in [0.1, 0.15) is 0 Å². The summed E-state index contributed by atoms with van der Waals surface area (Å²) in [6, 6.07) is 13.4. The van der Waals surface area contributed by atoms with Crippen molar-refractivity contribution in [2.24, 2.45) is 0 Å². The van der Waals surface area contributed by atoms with Crippen molar-refractivity contribution in [1.29, 1.82) is 0 Å². The number of rotatable bonds is 8. The average molecular weight is 405 g/mol. The lowest BCUT2D eigenvalue weighted by Crippen LogP contribution is -3.11. The van der Waals surface area contributed by atoms with Gasteiger partial charge in [0, 0.05) is 10.7 Å². The molecule has 3 N–H and O–H groups in total. The van der Waals surface area contributed by atoms with Crippen molar-refractivity contribution in [3.8, 4) is 0 Å². The molecule has 0 aliphatic carbocycles. The van der Waals surface area contributed by atoms with E-state index >= 15 is 0 Å². The van der Waals surface area contributed by atoms with Crippen molar-refractivity contribution < 1.29 is 24.0 Å². The molecule has 0 saturated carbocycles. The van der Waals surface area contributed by atoms with Crippen molar-refractivity contribution in [2.75, 3.05) is 37.4 Å². The van der Waals surface area contributed by atoms with Crippen molar-refractivity contribution >= 4 is 40.8 Å². The highest BCUT2D eigenvalue weighted by molar-refractivity contribution is 6.30. The van der Waals surface area contributed by atoms with Crippen LogP contribution in [0.3, 0.4) is 0 Å². The Balaban J connectivity index is 1.88. The Hall–Kier alpha value is -2.90. The third-order valence-corrected chi connectivity index (χ3v) is 4.00. The Bertz CT molecular complexity index is 840. The summed E-state index contributed by atoms with van der Waals surface area (Å²) in [5.41, 5.74) is 1.30. The summed E-state index contributed by atoms with van der Waals surface area (Å²) in [6.45, 7) is 2.13. The van der Waals surface area contributed by atoms with Gasteiger partial charge in [-0.1, -0.05) is 23.7 Å². The highest BCUT2D eigenvalue weighted by Gasteiger charge is 2.17. The zero-order valence-electron chi connectivity index (χ0n) is 15.8. The highest BCUT2D eigenvalue weighted by atomic mass is 35.5. The van der Waals surface area contributed by atoms with Crippen LogP contribution in [-0.2, 0) is 14.3 Å². The maximum absolute atomic E-state index is 12.3. The largest absolute Gasteiger partial charge is 0.462 e. The Kier molecular flexibility index (Phi) is 7.98. The van der Waals surface area contributed by atoms with Gasteiger partial charge in [-0.25, -0.2) is 4.79 Å². The monoisotopic (exact) mass is 404 g/mol. The first-order chi connectivity index (χ1) is 13.4. The van der Waals surface area contributed by atoms with E-state index in [1.165, 1.54) is 0 Å². The van der Waals surface area contributed by atoms with E-state index in [0.29, 0.717) is 21.3 Å². The Labute approximate surface area is 168 Å². The number of para-hydroxylation sites is 1. The van der Waals surface area contributed by atoms with E-state index in [4.69, 9.17) is 16.3 Å². The third-order valence-electron chi connectivity index (χ3n) is 3.75. The number of carbonyl (C=O) groups excluding carboxylic acids is 3. The van der Waals surface area contributed by atoms with Gasteiger partial charge in [-0.05, 0) is 43.3 Å². The number of benzene rings is 2. The number of quaternary nitrogens is 1. The zero-order chi connectivity index (χ0) is 20.5. The molecule has 0 spiro atoms. The van der Waals surface area contributed by atoms with Gasteiger partial charge in [-0.15, -0.1) is 0 Å². The smallest absolute Gasteiger partial charge is 0.340 e. The molecule has 148 valence electrons. The molecule has 0 aliphatic heterocycles. The molecular formula is C20H23ClN3O4+. The quantitative estimate of drug-likeness (QED) is 0.583. The number of ether oxygens (including phenoxy) is 1. The number of halogens is 1. The SMILES string of the molecule is CCOC(=O)c1ccccc1NC(=O)C[NH+](C)CC(=O)Nc1ccc(Cl)cc1. The number of esters is 1. The van der Waals surface area contributed by atoms with Crippen LogP contribution in [0.15, 0.2) is 48.5 Å². The molecule has 28 heavy (non-hydrogen) atoms. The maximum atomic E-state index is 12.3. The summed E-state index contributed by atoms with van der Waals surface area (Å²) in [5.74, 6) is -1.03. The van der Waals surface area contributed by atoms with Crippen LogP contribution in [0.2, 0.25) is 5.02 Å². The van der Waals surface area contributed by atoms with Gasteiger partial charge in [-0.3, -0.25) is 9.59 Å². The fraction of sp³-hybridized carbons (Fsp3) is 0.250.